The molecule has 0 spiro atoms. The Hall–Kier alpha value is -2.01. The molecule has 0 fully saturated rings. The summed E-state index contributed by atoms with van der Waals surface area (Å²) in [6.45, 7) is 4.00. The normalized spacial score (nSPS) is 15.8. The van der Waals surface area contributed by atoms with Gasteiger partial charge in [0.2, 0.25) is 0 Å². The number of hydrogen-bond acceptors (Lipinski definition) is 3. The van der Waals surface area contributed by atoms with Crippen LogP contribution in [0.15, 0.2) is 18.2 Å². The average molecular weight is 293 g/mol. The highest BCUT2D eigenvalue weighted by molar-refractivity contribution is 6.32. The zero-order valence-electron chi connectivity index (χ0n) is 11.0. The van der Waals surface area contributed by atoms with E-state index in [0.717, 1.165) is 17.5 Å². The lowest BCUT2D eigenvalue weighted by Crippen LogP contribution is -2.24. The third-order valence-corrected chi connectivity index (χ3v) is 3.50. The summed E-state index contributed by atoms with van der Waals surface area (Å²) in [6, 6.07) is 5.17. The molecule has 1 aliphatic heterocycles. The molecule has 0 bridgehead atoms. The number of carboxylic acid groups (broad SMARTS) is 1. The lowest BCUT2D eigenvalue weighted by Gasteiger charge is -2.17. The van der Waals surface area contributed by atoms with Gasteiger partial charge < -0.3 is 9.84 Å². The summed E-state index contributed by atoms with van der Waals surface area (Å²) in [4.78, 5) is 10.9. The zero-order chi connectivity index (χ0) is 14.5. The number of ether oxygens (including phenoxy) is 1. The summed E-state index contributed by atoms with van der Waals surface area (Å²) in [5.41, 5.74) is 2.11. The van der Waals surface area contributed by atoms with Crippen molar-refractivity contribution in [1.82, 2.24) is 10.2 Å². The number of nitrogens with one attached hydrogen (secondary N) is 1. The molecule has 2 aromatic rings. The van der Waals surface area contributed by atoms with Gasteiger partial charge in [-0.25, -0.2) is 4.79 Å². The SMILES string of the molecule is CC1(C)Cc2cc(-c3cc(C(=O)O)[nH]n3)cc(Cl)c2O1. The maximum atomic E-state index is 10.9. The molecular formula is C14H13ClN2O3. The van der Waals surface area contributed by atoms with Crippen LogP contribution in [0.3, 0.4) is 0 Å². The van der Waals surface area contributed by atoms with E-state index in [1.165, 1.54) is 6.07 Å². The number of nitrogens with zero attached hydrogens (tertiary/aromatic N) is 1. The van der Waals surface area contributed by atoms with E-state index in [0.29, 0.717) is 16.5 Å². The van der Waals surface area contributed by atoms with Gasteiger partial charge in [0.1, 0.15) is 17.0 Å². The summed E-state index contributed by atoms with van der Waals surface area (Å²) >= 11 is 6.24. The van der Waals surface area contributed by atoms with Crippen molar-refractivity contribution in [2.24, 2.45) is 0 Å². The van der Waals surface area contributed by atoms with Crippen LogP contribution in [0.25, 0.3) is 11.3 Å². The fourth-order valence-electron chi connectivity index (χ4n) is 2.39. The van der Waals surface area contributed by atoms with Crippen LogP contribution in [0, 0.1) is 0 Å². The van der Waals surface area contributed by atoms with E-state index in [1.54, 1.807) is 6.07 Å². The minimum Gasteiger partial charge on any atom is -0.486 e. The fraction of sp³-hybridized carbons (Fsp3) is 0.286. The number of aromatic carboxylic acids is 1. The number of carboxylic acids is 1. The molecule has 2 heterocycles. The third-order valence-electron chi connectivity index (χ3n) is 3.22. The van der Waals surface area contributed by atoms with Gasteiger partial charge in [-0.2, -0.15) is 5.10 Å². The van der Waals surface area contributed by atoms with Gasteiger partial charge in [-0.15, -0.1) is 0 Å². The minimum absolute atomic E-state index is 0.0493. The Balaban J connectivity index is 2.04. The second-order valence-electron chi connectivity index (χ2n) is 5.46. The summed E-state index contributed by atoms with van der Waals surface area (Å²) < 4.78 is 5.81. The van der Waals surface area contributed by atoms with Crippen LogP contribution in [0.5, 0.6) is 5.75 Å². The number of aromatic nitrogens is 2. The Kier molecular flexibility index (Phi) is 2.76. The van der Waals surface area contributed by atoms with Gasteiger partial charge in [-0.05, 0) is 32.0 Å². The molecule has 5 nitrogen and oxygen atoms in total. The molecule has 3 rings (SSSR count). The van der Waals surface area contributed by atoms with E-state index < -0.39 is 5.97 Å². The van der Waals surface area contributed by atoms with E-state index in [4.69, 9.17) is 21.4 Å². The van der Waals surface area contributed by atoms with Crippen molar-refractivity contribution in [3.05, 3.63) is 34.5 Å². The van der Waals surface area contributed by atoms with E-state index in [2.05, 4.69) is 10.2 Å². The molecule has 0 aliphatic carbocycles. The van der Waals surface area contributed by atoms with E-state index in [9.17, 15) is 4.79 Å². The maximum absolute atomic E-state index is 10.9. The summed E-state index contributed by atoms with van der Waals surface area (Å²) in [5.74, 6) is -0.338. The van der Waals surface area contributed by atoms with Crippen molar-refractivity contribution >= 4 is 17.6 Å². The van der Waals surface area contributed by atoms with E-state index in [-0.39, 0.29) is 11.3 Å². The molecule has 104 valence electrons. The molecule has 6 heteroatoms. The number of carbonyl (C=O) groups is 1. The predicted molar refractivity (Wildman–Crippen MR) is 74.4 cm³/mol. The summed E-state index contributed by atoms with van der Waals surface area (Å²) in [7, 11) is 0. The van der Waals surface area contributed by atoms with E-state index >= 15 is 0 Å². The van der Waals surface area contributed by atoms with Gasteiger partial charge in [-0.3, -0.25) is 5.10 Å². The number of hydrogen-bond donors (Lipinski definition) is 2. The van der Waals surface area contributed by atoms with Crippen LogP contribution in [-0.2, 0) is 6.42 Å². The topological polar surface area (TPSA) is 75.2 Å². The first-order valence-corrected chi connectivity index (χ1v) is 6.54. The predicted octanol–water partition coefficient (Wildman–Crippen LogP) is 3.14. The highest BCUT2D eigenvalue weighted by Crippen LogP contribution is 2.42. The highest BCUT2D eigenvalue weighted by Gasteiger charge is 2.32. The van der Waals surface area contributed by atoms with E-state index in [1.807, 2.05) is 19.9 Å². The Morgan fingerprint density at radius 3 is 2.85 bits per heavy atom. The van der Waals surface area contributed by atoms with Gasteiger partial charge in [0, 0.05) is 17.5 Å². The molecule has 0 saturated carbocycles. The summed E-state index contributed by atoms with van der Waals surface area (Å²) in [5, 5.41) is 15.9. The molecule has 0 unspecified atom stereocenters. The Bertz CT molecular complexity index is 706. The van der Waals surface area contributed by atoms with Crippen molar-refractivity contribution < 1.29 is 14.6 Å². The largest absolute Gasteiger partial charge is 0.486 e. The summed E-state index contributed by atoms with van der Waals surface area (Å²) in [6.07, 6.45) is 0.756. The molecule has 0 saturated heterocycles. The van der Waals surface area contributed by atoms with Crippen LogP contribution in [0.1, 0.15) is 29.9 Å². The Morgan fingerprint density at radius 2 is 2.20 bits per heavy atom. The third kappa shape index (κ3) is 2.14. The van der Waals surface area contributed by atoms with Crippen LogP contribution in [-0.4, -0.2) is 26.9 Å². The van der Waals surface area contributed by atoms with Crippen molar-refractivity contribution in [2.75, 3.05) is 0 Å². The lowest BCUT2D eigenvalue weighted by atomic mass is 9.99. The number of H-pyrrole nitrogens is 1. The van der Waals surface area contributed by atoms with Crippen molar-refractivity contribution in [3.8, 4) is 17.0 Å². The number of fused-ring (bicyclic) bond motifs is 1. The second-order valence-corrected chi connectivity index (χ2v) is 5.86. The van der Waals surface area contributed by atoms with Crippen LogP contribution in [0.2, 0.25) is 5.02 Å². The first-order chi connectivity index (χ1) is 9.35. The van der Waals surface area contributed by atoms with Crippen molar-refractivity contribution in [1.29, 1.82) is 0 Å². The fourth-order valence-corrected chi connectivity index (χ4v) is 2.67. The zero-order valence-corrected chi connectivity index (χ0v) is 11.8. The van der Waals surface area contributed by atoms with Crippen LogP contribution >= 0.6 is 11.6 Å². The molecule has 2 N–H and O–H groups in total. The van der Waals surface area contributed by atoms with Gasteiger partial charge in [0.15, 0.2) is 0 Å². The molecule has 0 amide bonds. The number of rotatable bonds is 2. The molecule has 1 aliphatic rings. The molecule has 1 aromatic heterocycles. The molecule has 0 radical (unpaired) electrons. The van der Waals surface area contributed by atoms with Gasteiger partial charge >= 0.3 is 5.97 Å². The van der Waals surface area contributed by atoms with Crippen molar-refractivity contribution in [2.45, 2.75) is 25.9 Å². The quantitative estimate of drug-likeness (QED) is 0.891. The minimum atomic E-state index is -1.04. The first-order valence-electron chi connectivity index (χ1n) is 6.16. The van der Waals surface area contributed by atoms with Crippen molar-refractivity contribution in [3.63, 3.8) is 0 Å². The maximum Gasteiger partial charge on any atom is 0.353 e. The first kappa shape index (κ1) is 13.0. The smallest absolute Gasteiger partial charge is 0.353 e. The van der Waals surface area contributed by atoms with Gasteiger partial charge in [0.25, 0.3) is 0 Å². The standard InChI is InChI=1S/C14H13ClN2O3/c1-14(2)6-8-3-7(4-9(15)12(8)20-14)10-5-11(13(18)19)17-16-10/h3-5H,6H2,1-2H3,(H,16,17)(H,18,19). The number of aromatic amines is 1. The van der Waals surface area contributed by atoms with Gasteiger partial charge in [0.05, 0.1) is 10.7 Å². The second kappa shape index (κ2) is 4.24. The molecular weight excluding hydrogens is 280 g/mol. The van der Waals surface area contributed by atoms with Crippen LogP contribution in [0.4, 0.5) is 0 Å². The van der Waals surface area contributed by atoms with Gasteiger partial charge in [-0.1, -0.05) is 11.6 Å². The molecule has 1 aromatic carbocycles. The lowest BCUT2D eigenvalue weighted by molar-refractivity contribution is 0.0690. The molecule has 0 atom stereocenters. The number of benzene rings is 1. The van der Waals surface area contributed by atoms with Crippen LogP contribution < -0.4 is 4.74 Å². The highest BCUT2D eigenvalue weighted by atomic mass is 35.5. The molecule has 20 heavy (non-hydrogen) atoms. The Labute approximate surface area is 120 Å². The Morgan fingerprint density at radius 1 is 1.45 bits per heavy atom. The average Bonchev–Trinajstić information content (AvgIpc) is 2.92. The monoisotopic (exact) mass is 292 g/mol. The number of halogens is 1.